The van der Waals surface area contributed by atoms with E-state index in [-0.39, 0.29) is 64.0 Å². The van der Waals surface area contributed by atoms with Crippen LogP contribution in [0.5, 0.6) is 0 Å². The molecular weight excluding hydrogens is 2170 g/mol. The van der Waals surface area contributed by atoms with Crippen LogP contribution >= 0.6 is 47.1 Å². The molecule has 7 aliphatic rings. The van der Waals surface area contributed by atoms with Gasteiger partial charge < -0.3 is 144 Å². The number of H-pyrrole nitrogens is 6. The third-order valence-corrected chi connectivity index (χ3v) is 34.4. The van der Waals surface area contributed by atoms with Gasteiger partial charge in [-0.2, -0.15) is 4.98 Å². The summed E-state index contributed by atoms with van der Waals surface area (Å²) in [4.78, 5) is 271. The molecule has 14 rings (SSSR count). The predicted molar refractivity (Wildman–Crippen MR) is 501 cm³/mol. The zero-order chi connectivity index (χ0) is 103. The van der Waals surface area contributed by atoms with Gasteiger partial charge in [-0.05, 0) is 54.9 Å². The van der Waals surface area contributed by atoms with Crippen molar-refractivity contribution in [2.24, 2.45) is 0 Å². The summed E-state index contributed by atoms with van der Waals surface area (Å²) in [6.45, 7) is -28.0. The molecule has 0 aliphatic carbocycles. The molecule has 0 saturated carbocycles. The highest BCUT2D eigenvalue weighted by atomic mass is 32.7. The SMILES string of the molecule is CC[C@H]1O[C@@H](n2cc(C)c(=O)[nH]c2=O)C[C@H]1OP([O-])(=S)OC[C@H]1O[C@@H](n2cc(C)c(=O)[nH]c2=O)C[C@H]1OP(=O)([S-])OC[C@H]1O[C@@H](n2cc(C)c(=O)[nH]c2=O)C[C@H]1OP([O-])(=S)OC[C@H]1O[C@@H](n2cc(C)c(=O)[nH]c2=O)C[C@H]1OP([O-])(=S)OC[C@H]1O[C@@H](n2cc(C)c(N)nc2=O)C[C@H]1OP([O-])(=S)OC[C@H]1O[C@@H](n2cc(C)c(=O)[nH]c2=O)C[C@H]1OP([O-])(=S)OC[C@H]1O[C@@H](n2cc(C)c(=O)[nH]c2=O)C[C@H]1OP([O-])(=S)OC. The molecule has 7 unspecified atom stereocenters. The molecule has 56 nitrogen and oxygen atoms in total. The molecule has 0 bridgehead atoms. The Bertz CT molecular complexity index is 7180. The van der Waals surface area contributed by atoms with Gasteiger partial charge in [0.2, 0.25) is 0 Å². The number of aryl methyl sites for hydroxylation is 7. The Kier molecular flexibility index (Phi) is 35.5. The minimum absolute atomic E-state index is 0.0114. The summed E-state index contributed by atoms with van der Waals surface area (Å²) >= 11 is 37.5. The lowest BCUT2D eigenvalue weighted by atomic mass is 10.1. The van der Waals surface area contributed by atoms with Crippen LogP contribution in [0.1, 0.15) is 141 Å². The summed E-state index contributed by atoms with van der Waals surface area (Å²) in [5.74, 6) is -0.182. The molecule has 7 saturated heterocycles. The summed E-state index contributed by atoms with van der Waals surface area (Å²) < 4.78 is 145. The van der Waals surface area contributed by atoms with Crippen LogP contribution in [0.3, 0.4) is 0 Å². The highest BCUT2D eigenvalue weighted by Gasteiger charge is 2.49. The van der Waals surface area contributed by atoms with Crippen LogP contribution in [-0.4, -0.2) is 199 Å². The number of nitrogens with one attached hydrogen (secondary N) is 6. The van der Waals surface area contributed by atoms with Crippen LogP contribution < -0.4 is 108 Å². The Hall–Kier alpha value is -5.84. The number of rotatable bonds is 41. The fraction of sp³-hybridized carbons (Fsp3) is 0.611. The van der Waals surface area contributed by atoms with E-state index in [2.05, 4.69) is 34.9 Å². The first-order chi connectivity index (χ1) is 66.4. The van der Waals surface area contributed by atoms with Gasteiger partial charge in [0.15, 0.2) is 6.80 Å². The number of nitrogens with two attached hydrogens (primary N) is 1. The van der Waals surface area contributed by atoms with E-state index in [0.29, 0.717) is 0 Å². The second-order valence-electron chi connectivity index (χ2n) is 33.4. The molecular formula is C72H91N15O41P7S7-7. The van der Waals surface area contributed by atoms with Gasteiger partial charge in [0.05, 0.1) is 88.5 Å². The van der Waals surface area contributed by atoms with Crippen LogP contribution in [-0.2, 0) is 184 Å². The minimum Gasteiger partial charge on any atom is -0.780 e. The van der Waals surface area contributed by atoms with Gasteiger partial charge >= 0.3 is 39.8 Å². The van der Waals surface area contributed by atoms with Crippen LogP contribution in [0.2, 0.25) is 0 Å². The first-order valence-corrected chi connectivity index (χ1v) is 60.5. The molecule has 7 fully saturated rings. The van der Waals surface area contributed by atoms with Crippen LogP contribution in [0.15, 0.2) is 106 Å². The maximum absolute atomic E-state index is 14.9. The molecule has 14 heterocycles. The van der Waals surface area contributed by atoms with Crippen molar-refractivity contribution in [1.29, 1.82) is 0 Å². The van der Waals surface area contributed by atoms with Crippen molar-refractivity contribution in [3.8, 4) is 0 Å². The van der Waals surface area contributed by atoms with E-state index < -0.39 is 321 Å². The van der Waals surface area contributed by atoms with E-state index >= 15 is 0 Å². The van der Waals surface area contributed by atoms with Crippen molar-refractivity contribution in [3.63, 3.8) is 0 Å². The third-order valence-electron chi connectivity index (χ3n) is 23.3. The van der Waals surface area contributed by atoms with E-state index in [4.69, 9.17) is 185 Å². The standard InChI is InChI=1S/C72H98N15O41P7S7/c1-10-38-39(11-52(115-38)82-19-32(3)60(88)75-67(82)95)123-130(102,137)109-26-48-42(14-55(118-48)84-21-34(5)62(90)77-69(84)97)126-134(106,141)113-29-51-45(17-58(121-51)87-24-37(8)65(93)80-72(87)100)128-135(107,142)114-30-50-44(16-57(120-50)86-23-36(7)64(92)79-71(86)99)127-133(105,140)111-27-47-41(13-53(117-47)81-18-31(2)59(73)74-66(81)94)124-132(104,139)112-28-49-43(15-56(119-49)85-22-35(6)63(91)78-70(85)98)125-131(103,138)110-25-46-40(122-129(101,136)108-9)12-54(116-46)83-20-33(4)61(89)76-68(83)96/h18-24,38-58H,10-17,25-30H2,1-9H3,(H,101,136)(H,102,137)(H,103,138)(H,104,139)(H,105,140)(H,106,141)(H,107,142)(H2,73,74,94)(H,75,88,95)(H,76,89,96)(H,77,90,97)(H,78,91,98)(H,79,92,99)(H,80,93,100)/p-7/t38-,39-,40-,41-,42-,43-,44-,45-,46-,47-,48-,49-,50-,51-,52-,53-,54-,55-,56-,57-,58-,129?,130?,131?,132?,133?,134?,135?/m1/s1. The highest BCUT2D eigenvalue weighted by molar-refractivity contribution is 8.32. The molecule has 7 aromatic heterocycles. The van der Waals surface area contributed by atoms with Crippen molar-refractivity contribution >= 4 is 136 Å². The lowest BCUT2D eigenvalue weighted by molar-refractivity contribution is -0.221. The van der Waals surface area contributed by atoms with Crippen molar-refractivity contribution < 1.29 is 130 Å². The first kappa shape index (κ1) is 112. The fourth-order valence-electron chi connectivity index (χ4n) is 16.1. The zero-order valence-electron chi connectivity index (χ0n) is 75.4. The van der Waals surface area contributed by atoms with Crippen molar-refractivity contribution in [1.82, 2.24) is 66.9 Å². The molecule has 70 heteroatoms. The monoisotopic (exact) mass is 2260 g/mol. The fourth-order valence-corrected chi connectivity index (χ4v) is 25.8. The maximum Gasteiger partial charge on any atom is 0.351 e. The van der Waals surface area contributed by atoms with Gasteiger partial charge in [0.25, 0.3) is 33.4 Å². The number of aromatic amines is 6. The average molecular weight is 2260 g/mol. The molecule has 784 valence electrons. The second kappa shape index (κ2) is 45.1. The lowest BCUT2D eigenvalue weighted by Gasteiger charge is -2.36. The van der Waals surface area contributed by atoms with E-state index in [1.807, 2.05) is 0 Å². The Morgan fingerprint density at radius 1 is 0.331 bits per heavy atom. The smallest absolute Gasteiger partial charge is 0.351 e. The molecule has 142 heavy (non-hydrogen) atoms. The number of aromatic nitrogens is 14. The topological polar surface area (TPSA) is 739 Å². The molecule has 7 aromatic rings. The van der Waals surface area contributed by atoms with E-state index in [0.717, 1.165) is 63.9 Å². The van der Waals surface area contributed by atoms with Crippen molar-refractivity contribution in [3.05, 3.63) is 218 Å². The van der Waals surface area contributed by atoms with Crippen LogP contribution in [0.4, 0.5) is 5.82 Å². The number of nitrogen functional groups attached to an aromatic ring is 1. The number of nitrogens with zero attached hydrogens (tertiary/aromatic N) is 8. The van der Waals surface area contributed by atoms with E-state index in [1.54, 1.807) is 6.92 Å². The number of anilines is 1. The van der Waals surface area contributed by atoms with Crippen molar-refractivity contribution in [2.45, 2.75) is 236 Å². The van der Waals surface area contributed by atoms with Gasteiger partial charge in [-0.1, -0.05) is 77.8 Å². The van der Waals surface area contributed by atoms with E-state index in [9.17, 15) is 96.3 Å². The summed E-state index contributed by atoms with van der Waals surface area (Å²) in [6, 6.07) is 0. The summed E-state index contributed by atoms with van der Waals surface area (Å²) in [5.41, 5.74) is -4.72. The first-order valence-electron chi connectivity index (χ1n) is 42.7. The normalized spacial score (nSPS) is 29.8. The van der Waals surface area contributed by atoms with Gasteiger partial charge in [-0.15, -0.1) is 0 Å². The quantitative estimate of drug-likeness (QED) is 0.0143. The number of ether oxygens (including phenoxy) is 7. The third kappa shape index (κ3) is 27.5. The Labute approximate surface area is 834 Å². The highest BCUT2D eigenvalue weighted by Crippen LogP contribution is 2.56. The molecule has 0 amide bonds. The zero-order valence-corrected chi connectivity index (χ0v) is 87.4. The van der Waals surface area contributed by atoms with Crippen LogP contribution in [0, 0.1) is 48.5 Å². The molecule has 8 N–H and O–H groups in total. The van der Waals surface area contributed by atoms with Crippen molar-refractivity contribution in [2.75, 3.05) is 52.5 Å². The summed E-state index contributed by atoms with van der Waals surface area (Å²) in [6.07, 6.45) is -24.6. The molecule has 28 atom stereocenters. The van der Waals surface area contributed by atoms with Gasteiger partial charge in [-0.25, -0.2) is 33.6 Å². The molecule has 0 radical (unpaired) electrons. The molecule has 0 aromatic carbocycles. The largest absolute Gasteiger partial charge is 0.780 e. The van der Waals surface area contributed by atoms with Gasteiger partial charge in [0.1, 0.15) is 126 Å². The minimum atomic E-state index is -5.10. The predicted octanol–water partition coefficient (Wildman–Crippen LogP) is -3.69. The van der Waals surface area contributed by atoms with Crippen LogP contribution in [0.25, 0.3) is 0 Å². The number of hydrogen-bond donors (Lipinski definition) is 7. The number of hydrogen-bond acceptors (Lipinski definition) is 50. The second-order valence-corrected chi connectivity index (χ2v) is 52.5. The Morgan fingerprint density at radius 2 is 0.521 bits per heavy atom. The van der Waals surface area contributed by atoms with Gasteiger partial charge in [0, 0.05) is 134 Å². The lowest BCUT2D eigenvalue weighted by Crippen LogP contribution is -2.35. The summed E-state index contributed by atoms with van der Waals surface area (Å²) in [7, 11) is 1.00. The maximum atomic E-state index is 14.9. The Morgan fingerprint density at radius 3 is 0.746 bits per heavy atom. The Balaban J connectivity index is 0.665. The van der Waals surface area contributed by atoms with Gasteiger partial charge in [-0.3, -0.25) is 95.2 Å². The average Bonchev–Trinajstić information content (AvgIpc) is 1.58. The molecule has 0 spiro atoms. The molecule has 7 aliphatic heterocycles. The van der Waals surface area contributed by atoms with E-state index in [1.165, 1.54) is 67.1 Å². The summed E-state index contributed by atoms with van der Waals surface area (Å²) in [5, 5.41) is 0.